The lowest BCUT2D eigenvalue weighted by molar-refractivity contribution is 0.270. The van der Waals surface area contributed by atoms with Crippen molar-refractivity contribution in [1.82, 2.24) is 14.9 Å². The molecule has 1 N–H and O–H groups in total. The number of halogens is 2. The first-order chi connectivity index (χ1) is 11.1. The molecule has 0 spiro atoms. The van der Waals surface area contributed by atoms with Crippen LogP contribution >= 0.6 is 35.4 Å². The van der Waals surface area contributed by atoms with Gasteiger partial charge in [-0.15, -0.1) is 0 Å². The fourth-order valence-electron chi connectivity index (χ4n) is 1.71. The van der Waals surface area contributed by atoms with Crippen LogP contribution in [-0.2, 0) is 6.61 Å². The van der Waals surface area contributed by atoms with Crippen LogP contribution in [0.5, 0.6) is 5.75 Å². The minimum absolute atomic E-state index is 0.261. The summed E-state index contributed by atoms with van der Waals surface area (Å²) in [6.07, 6.45) is 3.00. The monoisotopic (exact) mass is 368 g/mol. The van der Waals surface area contributed by atoms with E-state index in [0.717, 1.165) is 0 Å². The molecule has 3 rings (SSSR count). The summed E-state index contributed by atoms with van der Waals surface area (Å²) < 4.78 is 13.0. The van der Waals surface area contributed by atoms with Gasteiger partial charge in [0.15, 0.2) is 0 Å². The van der Waals surface area contributed by atoms with Gasteiger partial charge in [-0.2, -0.15) is 14.9 Å². The molecule has 0 atom stereocenters. The first kappa shape index (κ1) is 15.8. The first-order valence-corrected chi connectivity index (χ1v) is 7.61. The highest BCUT2D eigenvalue weighted by atomic mass is 35.5. The van der Waals surface area contributed by atoms with Crippen molar-refractivity contribution in [2.24, 2.45) is 5.10 Å². The van der Waals surface area contributed by atoms with Gasteiger partial charge < -0.3 is 9.15 Å². The Kier molecular flexibility index (Phi) is 4.80. The van der Waals surface area contributed by atoms with Gasteiger partial charge >= 0.3 is 0 Å². The molecule has 0 aliphatic heterocycles. The molecule has 6 nitrogen and oxygen atoms in total. The molecule has 2 heterocycles. The van der Waals surface area contributed by atoms with E-state index in [1.807, 2.05) is 0 Å². The van der Waals surface area contributed by atoms with Crippen molar-refractivity contribution < 1.29 is 9.15 Å². The third kappa shape index (κ3) is 4.01. The molecule has 0 amide bonds. The second-order valence-corrected chi connectivity index (χ2v) is 5.62. The minimum atomic E-state index is 0.261. The summed E-state index contributed by atoms with van der Waals surface area (Å²) in [7, 11) is 0. The quantitative estimate of drug-likeness (QED) is 0.538. The third-order valence-corrected chi connectivity index (χ3v) is 3.82. The van der Waals surface area contributed by atoms with Gasteiger partial charge in [-0.05, 0) is 36.5 Å². The lowest BCUT2D eigenvalue weighted by Gasteiger charge is -2.05. The van der Waals surface area contributed by atoms with E-state index in [9.17, 15) is 0 Å². The average Bonchev–Trinajstić information content (AvgIpc) is 3.15. The van der Waals surface area contributed by atoms with E-state index in [4.69, 9.17) is 44.6 Å². The van der Waals surface area contributed by atoms with Crippen molar-refractivity contribution in [2.45, 2.75) is 6.61 Å². The number of aromatic amines is 1. The maximum Gasteiger partial charge on any atom is 0.216 e. The Bertz CT molecular complexity index is 900. The Balaban J connectivity index is 1.63. The summed E-state index contributed by atoms with van der Waals surface area (Å²) in [5.74, 6) is 1.82. The molecule has 0 saturated carbocycles. The lowest BCUT2D eigenvalue weighted by Crippen LogP contribution is -1.93. The average molecular weight is 369 g/mol. The second kappa shape index (κ2) is 6.99. The van der Waals surface area contributed by atoms with E-state index < -0.39 is 0 Å². The molecule has 118 valence electrons. The van der Waals surface area contributed by atoms with Crippen LogP contribution in [0.2, 0.25) is 10.0 Å². The zero-order chi connectivity index (χ0) is 16.2. The summed E-state index contributed by atoms with van der Waals surface area (Å²) in [6.45, 7) is 0.261. The zero-order valence-electron chi connectivity index (χ0n) is 11.6. The van der Waals surface area contributed by atoms with E-state index in [-0.39, 0.29) is 6.61 Å². The summed E-state index contributed by atoms with van der Waals surface area (Å²) in [5.41, 5.74) is 0. The molecule has 0 fully saturated rings. The molecular weight excluding hydrogens is 359 g/mol. The summed E-state index contributed by atoms with van der Waals surface area (Å²) in [4.78, 5) is 0. The Hall–Kier alpha value is -2.09. The smallest absolute Gasteiger partial charge is 0.216 e. The lowest BCUT2D eigenvalue weighted by atomic mass is 10.3. The van der Waals surface area contributed by atoms with Crippen LogP contribution in [0.3, 0.4) is 0 Å². The van der Waals surface area contributed by atoms with Crippen LogP contribution in [0.25, 0.3) is 0 Å². The Labute approximate surface area is 146 Å². The maximum atomic E-state index is 5.93. The van der Waals surface area contributed by atoms with Gasteiger partial charge in [-0.3, -0.25) is 5.10 Å². The number of aromatic nitrogens is 3. The molecule has 0 aliphatic carbocycles. The zero-order valence-corrected chi connectivity index (χ0v) is 13.9. The predicted octanol–water partition coefficient (Wildman–Crippen LogP) is 4.30. The van der Waals surface area contributed by atoms with E-state index in [2.05, 4.69) is 15.3 Å². The molecule has 3 aromatic rings. The van der Waals surface area contributed by atoms with Gasteiger partial charge in [-0.25, -0.2) is 0 Å². The van der Waals surface area contributed by atoms with Crippen LogP contribution in [0.15, 0.2) is 46.2 Å². The first-order valence-electron chi connectivity index (χ1n) is 6.45. The number of nitrogens with zero attached hydrogens (tertiary/aromatic N) is 3. The third-order valence-electron chi connectivity index (χ3n) is 2.80. The molecule has 23 heavy (non-hydrogen) atoms. The van der Waals surface area contributed by atoms with Crippen LogP contribution in [-0.4, -0.2) is 21.1 Å². The molecule has 0 aliphatic rings. The van der Waals surface area contributed by atoms with Gasteiger partial charge in [0.05, 0.1) is 16.3 Å². The highest BCUT2D eigenvalue weighted by molar-refractivity contribution is 7.71. The van der Waals surface area contributed by atoms with Crippen LogP contribution in [0.4, 0.5) is 0 Å². The normalized spacial score (nSPS) is 11.2. The standard InChI is InChI=1S/C14H10Cl2N4O2S/c15-12-4-3-9(5-13(12)16)21-7-11-2-1-10(22-11)6-18-20-8-17-19-14(20)23/h1-6,8H,7H2,(H,19,23)/b18-6-. The van der Waals surface area contributed by atoms with Crippen molar-refractivity contribution in [3.63, 3.8) is 0 Å². The van der Waals surface area contributed by atoms with Gasteiger partial charge in [0.1, 0.15) is 30.2 Å². The van der Waals surface area contributed by atoms with Gasteiger partial charge in [0, 0.05) is 6.07 Å². The summed E-state index contributed by atoms with van der Waals surface area (Å²) in [6, 6.07) is 8.64. The SMILES string of the molecule is S=c1[nH]ncn1/N=C\c1ccc(COc2ccc(Cl)c(Cl)c2)o1. The van der Waals surface area contributed by atoms with E-state index in [1.54, 1.807) is 30.3 Å². The fraction of sp³-hybridized carbons (Fsp3) is 0.0714. The van der Waals surface area contributed by atoms with Crippen LogP contribution in [0, 0.1) is 4.77 Å². The Morgan fingerprint density at radius 2 is 2.17 bits per heavy atom. The maximum absolute atomic E-state index is 5.93. The largest absolute Gasteiger partial charge is 0.486 e. The number of ether oxygens (including phenoxy) is 1. The molecule has 0 saturated heterocycles. The van der Waals surface area contributed by atoms with E-state index >= 15 is 0 Å². The second-order valence-electron chi connectivity index (χ2n) is 4.42. The predicted molar refractivity (Wildman–Crippen MR) is 89.9 cm³/mol. The molecular formula is C14H10Cl2N4O2S. The highest BCUT2D eigenvalue weighted by Crippen LogP contribution is 2.26. The van der Waals surface area contributed by atoms with Crippen molar-refractivity contribution in [1.29, 1.82) is 0 Å². The number of benzene rings is 1. The van der Waals surface area contributed by atoms with Crippen molar-refractivity contribution >= 4 is 41.6 Å². The van der Waals surface area contributed by atoms with E-state index in [0.29, 0.717) is 32.1 Å². The number of H-pyrrole nitrogens is 1. The molecule has 0 radical (unpaired) electrons. The van der Waals surface area contributed by atoms with Crippen molar-refractivity contribution in [3.8, 4) is 5.75 Å². The Morgan fingerprint density at radius 3 is 2.91 bits per heavy atom. The van der Waals surface area contributed by atoms with Crippen LogP contribution in [0.1, 0.15) is 11.5 Å². The van der Waals surface area contributed by atoms with Crippen LogP contribution < -0.4 is 4.74 Å². The summed E-state index contributed by atoms with van der Waals surface area (Å²) in [5, 5.41) is 11.4. The van der Waals surface area contributed by atoms with E-state index in [1.165, 1.54) is 17.2 Å². The fourth-order valence-corrected chi connectivity index (χ4v) is 2.14. The molecule has 1 aromatic carbocycles. The summed E-state index contributed by atoms with van der Waals surface area (Å²) >= 11 is 16.8. The van der Waals surface area contributed by atoms with Gasteiger partial charge in [0.25, 0.3) is 0 Å². The molecule has 9 heteroatoms. The highest BCUT2D eigenvalue weighted by Gasteiger charge is 2.04. The molecule has 0 unspecified atom stereocenters. The van der Waals surface area contributed by atoms with Gasteiger partial charge in [-0.1, -0.05) is 23.2 Å². The number of hydrogen-bond donors (Lipinski definition) is 1. The minimum Gasteiger partial charge on any atom is -0.486 e. The number of hydrogen-bond acceptors (Lipinski definition) is 5. The van der Waals surface area contributed by atoms with Crippen molar-refractivity contribution in [2.75, 3.05) is 0 Å². The molecule has 2 aromatic heterocycles. The number of furan rings is 1. The number of nitrogens with one attached hydrogen (secondary N) is 1. The topological polar surface area (TPSA) is 68.3 Å². The van der Waals surface area contributed by atoms with Gasteiger partial charge in [0.2, 0.25) is 4.77 Å². The van der Waals surface area contributed by atoms with Crippen molar-refractivity contribution in [3.05, 3.63) is 63.0 Å². The number of rotatable bonds is 5. The molecule has 0 bridgehead atoms. The Morgan fingerprint density at radius 1 is 1.30 bits per heavy atom.